The van der Waals surface area contributed by atoms with Crippen LogP contribution in [0.5, 0.6) is 5.75 Å². The quantitative estimate of drug-likeness (QED) is 0.549. The van der Waals surface area contributed by atoms with Crippen LogP contribution < -0.4 is 20.8 Å². The van der Waals surface area contributed by atoms with Gasteiger partial charge in [0.2, 0.25) is 5.91 Å². The average molecular weight is 430 g/mol. The molecule has 9 heteroatoms. The minimum Gasteiger partial charge on any atom is -0.495 e. The average Bonchev–Trinajstić information content (AvgIpc) is 3.23. The number of ether oxygens (including phenoxy) is 1. The van der Waals surface area contributed by atoms with Crippen LogP contribution in [0.15, 0.2) is 34.1 Å². The summed E-state index contributed by atoms with van der Waals surface area (Å²) in [6.07, 6.45) is 2.78. The van der Waals surface area contributed by atoms with Crippen LogP contribution >= 0.6 is 11.8 Å². The van der Waals surface area contributed by atoms with Gasteiger partial charge in [0.15, 0.2) is 0 Å². The number of nitrogens with one attached hydrogen (secondary N) is 1. The number of methoxy groups -OCH3 is 1. The predicted molar refractivity (Wildman–Crippen MR) is 118 cm³/mol. The Kier molecular flexibility index (Phi) is 6.29. The number of anilines is 1. The Bertz CT molecular complexity index is 985. The molecule has 0 bridgehead atoms. The molecule has 1 aliphatic heterocycles. The van der Waals surface area contributed by atoms with Crippen molar-refractivity contribution in [2.75, 3.05) is 56.4 Å². The Morgan fingerprint density at radius 1 is 1.20 bits per heavy atom. The van der Waals surface area contributed by atoms with Gasteiger partial charge in [-0.05, 0) is 38.4 Å². The second kappa shape index (κ2) is 9.09. The van der Waals surface area contributed by atoms with E-state index in [2.05, 4.69) is 27.3 Å². The van der Waals surface area contributed by atoms with Crippen LogP contribution in [-0.4, -0.2) is 66.6 Å². The summed E-state index contributed by atoms with van der Waals surface area (Å²) in [5.74, 6) is 0.654. The van der Waals surface area contributed by atoms with Crippen LogP contribution in [0, 0.1) is 0 Å². The Morgan fingerprint density at radius 3 is 2.73 bits per heavy atom. The zero-order valence-electron chi connectivity index (χ0n) is 17.4. The molecule has 1 aromatic heterocycles. The zero-order chi connectivity index (χ0) is 21.1. The number of carbonyl (C=O) groups excluding carboxylic acids is 1. The number of rotatable bonds is 6. The van der Waals surface area contributed by atoms with Crippen LogP contribution in [-0.2, 0) is 17.6 Å². The SMILES string of the molecule is COc1ccccc1NC(=O)CSc1nc(=O)n(N2CCN(C)CC2)c2c1CCC2. The second-order valence-corrected chi connectivity index (χ2v) is 8.55. The van der Waals surface area contributed by atoms with Crippen molar-refractivity contribution < 1.29 is 9.53 Å². The molecule has 1 amide bonds. The number of hydrogen-bond acceptors (Lipinski definition) is 7. The van der Waals surface area contributed by atoms with Gasteiger partial charge in [-0.25, -0.2) is 9.47 Å². The molecule has 0 radical (unpaired) electrons. The van der Waals surface area contributed by atoms with Crippen LogP contribution in [0.25, 0.3) is 0 Å². The number of benzene rings is 1. The first kappa shape index (κ1) is 20.7. The zero-order valence-corrected chi connectivity index (χ0v) is 18.2. The van der Waals surface area contributed by atoms with Gasteiger partial charge >= 0.3 is 5.69 Å². The van der Waals surface area contributed by atoms with Crippen LogP contribution in [0.2, 0.25) is 0 Å². The van der Waals surface area contributed by atoms with Gasteiger partial charge in [-0.1, -0.05) is 23.9 Å². The van der Waals surface area contributed by atoms with Crippen molar-refractivity contribution in [1.29, 1.82) is 0 Å². The lowest BCUT2D eigenvalue weighted by Crippen LogP contribution is -2.54. The number of piperazine rings is 1. The molecule has 8 nitrogen and oxygen atoms in total. The first-order valence-electron chi connectivity index (χ1n) is 10.2. The van der Waals surface area contributed by atoms with Crippen molar-refractivity contribution in [1.82, 2.24) is 14.6 Å². The number of thioether (sulfide) groups is 1. The van der Waals surface area contributed by atoms with E-state index in [0.717, 1.165) is 56.7 Å². The Labute approximate surface area is 180 Å². The lowest BCUT2D eigenvalue weighted by molar-refractivity contribution is -0.113. The van der Waals surface area contributed by atoms with E-state index in [0.29, 0.717) is 16.5 Å². The lowest BCUT2D eigenvalue weighted by Gasteiger charge is -2.35. The first-order valence-corrected chi connectivity index (χ1v) is 11.2. The maximum atomic E-state index is 12.9. The van der Waals surface area contributed by atoms with E-state index in [4.69, 9.17) is 4.74 Å². The highest BCUT2D eigenvalue weighted by Crippen LogP contribution is 2.30. The van der Waals surface area contributed by atoms with Gasteiger partial charge in [0, 0.05) is 31.7 Å². The fourth-order valence-electron chi connectivity index (χ4n) is 3.98. The monoisotopic (exact) mass is 429 g/mol. The first-order chi connectivity index (χ1) is 14.6. The number of para-hydroxylation sites is 2. The number of hydrogen-bond donors (Lipinski definition) is 1. The van der Waals surface area contributed by atoms with E-state index in [1.807, 2.05) is 12.1 Å². The molecule has 1 fully saturated rings. The minimum atomic E-state index is -0.243. The molecule has 0 saturated carbocycles. The summed E-state index contributed by atoms with van der Waals surface area (Å²) in [7, 11) is 3.67. The molecule has 1 aromatic carbocycles. The number of carbonyl (C=O) groups is 1. The van der Waals surface area contributed by atoms with Gasteiger partial charge in [0.05, 0.1) is 24.2 Å². The highest BCUT2D eigenvalue weighted by molar-refractivity contribution is 8.00. The fraction of sp³-hybridized carbons (Fsp3) is 0.476. The normalized spacial score (nSPS) is 16.4. The molecule has 2 heterocycles. The highest BCUT2D eigenvalue weighted by atomic mass is 32.2. The summed E-state index contributed by atoms with van der Waals surface area (Å²) < 4.78 is 7.06. The summed E-state index contributed by atoms with van der Waals surface area (Å²) in [4.78, 5) is 32.0. The van der Waals surface area contributed by atoms with E-state index < -0.39 is 0 Å². The third-order valence-corrected chi connectivity index (χ3v) is 6.58. The van der Waals surface area contributed by atoms with Gasteiger partial charge in [-0.2, -0.15) is 4.98 Å². The minimum absolute atomic E-state index is 0.152. The van der Waals surface area contributed by atoms with Gasteiger partial charge in [0.25, 0.3) is 0 Å². The van der Waals surface area contributed by atoms with Crippen molar-refractivity contribution in [2.24, 2.45) is 0 Å². The summed E-state index contributed by atoms with van der Waals surface area (Å²) in [5, 5.41) is 5.67. The van der Waals surface area contributed by atoms with Crippen LogP contribution in [0.1, 0.15) is 17.7 Å². The van der Waals surface area contributed by atoms with Crippen molar-refractivity contribution in [3.63, 3.8) is 0 Å². The highest BCUT2D eigenvalue weighted by Gasteiger charge is 2.26. The van der Waals surface area contributed by atoms with Crippen LogP contribution in [0.4, 0.5) is 5.69 Å². The topological polar surface area (TPSA) is 79.7 Å². The Hall–Kier alpha value is -2.52. The molecule has 2 aliphatic rings. The van der Waals surface area contributed by atoms with Gasteiger partial charge < -0.3 is 20.0 Å². The number of aromatic nitrogens is 2. The number of likely N-dealkylation sites (N-methyl/N-ethyl adjacent to an activating group) is 1. The van der Waals surface area contributed by atoms with E-state index in [-0.39, 0.29) is 17.3 Å². The third kappa shape index (κ3) is 4.32. The number of nitrogens with zero attached hydrogens (tertiary/aromatic N) is 4. The molecular weight excluding hydrogens is 402 g/mol. The number of fused-ring (bicyclic) bond motifs is 1. The number of amides is 1. The maximum absolute atomic E-state index is 12.9. The molecule has 160 valence electrons. The van der Waals surface area contributed by atoms with Gasteiger partial charge in [-0.3, -0.25) is 4.79 Å². The molecule has 1 aliphatic carbocycles. The van der Waals surface area contributed by atoms with Gasteiger partial charge in [-0.15, -0.1) is 0 Å². The summed E-state index contributed by atoms with van der Waals surface area (Å²) >= 11 is 1.33. The standard InChI is InChI=1S/C21H27N5O3S/c1-24-10-12-25(13-11-24)26-17-8-5-6-15(17)20(23-21(26)28)30-14-19(27)22-16-7-3-4-9-18(16)29-2/h3-4,7,9H,5-6,8,10-14H2,1-2H3,(H,22,27). The molecular formula is C21H27N5O3S. The van der Waals surface area contributed by atoms with Crippen molar-refractivity contribution in [3.05, 3.63) is 46.0 Å². The van der Waals surface area contributed by atoms with E-state index in [9.17, 15) is 9.59 Å². The molecule has 4 rings (SSSR count). The molecule has 1 saturated heterocycles. The molecule has 0 unspecified atom stereocenters. The van der Waals surface area contributed by atoms with Crippen LogP contribution in [0.3, 0.4) is 0 Å². The largest absolute Gasteiger partial charge is 0.495 e. The second-order valence-electron chi connectivity index (χ2n) is 7.58. The third-order valence-electron chi connectivity index (χ3n) is 5.56. The van der Waals surface area contributed by atoms with Gasteiger partial charge in [0.1, 0.15) is 10.8 Å². The van der Waals surface area contributed by atoms with E-state index >= 15 is 0 Å². The van der Waals surface area contributed by atoms with Crippen molar-refractivity contribution in [3.8, 4) is 5.75 Å². The molecule has 2 aromatic rings. The molecule has 30 heavy (non-hydrogen) atoms. The maximum Gasteiger partial charge on any atom is 0.367 e. The van der Waals surface area contributed by atoms with Crippen molar-refractivity contribution >= 4 is 23.4 Å². The summed E-state index contributed by atoms with van der Waals surface area (Å²) in [6, 6.07) is 7.30. The summed E-state index contributed by atoms with van der Waals surface area (Å²) in [5.41, 5.74) is 2.57. The molecule has 1 N–H and O–H groups in total. The predicted octanol–water partition coefficient (Wildman–Crippen LogP) is 1.35. The lowest BCUT2D eigenvalue weighted by atomic mass is 10.3. The smallest absolute Gasteiger partial charge is 0.367 e. The Morgan fingerprint density at radius 2 is 1.97 bits per heavy atom. The summed E-state index contributed by atoms with van der Waals surface area (Å²) in [6.45, 7) is 3.50. The Balaban J connectivity index is 1.49. The van der Waals surface area contributed by atoms with E-state index in [1.165, 1.54) is 11.8 Å². The fourth-order valence-corrected chi connectivity index (χ4v) is 4.86. The molecule has 0 atom stereocenters. The van der Waals surface area contributed by atoms with E-state index in [1.54, 1.807) is 23.9 Å². The van der Waals surface area contributed by atoms with Crippen molar-refractivity contribution in [2.45, 2.75) is 24.3 Å². The molecule has 0 spiro atoms.